The lowest BCUT2D eigenvalue weighted by atomic mass is 9.79. The molecule has 0 radical (unpaired) electrons. The van der Waals surface area contributed by atoms with Crippen LogP contribution in [-0.2, 0) is 18.3 Å². The summed E-state index contributed by atoms with van der Waals surface area (Å²) in [5, 5.41) is 20.5. The van der Waals surface area contributed by atoms with Crippen molar-refractivity contribution in [2.24, 2.45) is 24.6 Å². The molecule has 2 saturated carbocycles. The topological polar surface area (TPSA) is 130 Å². The van der Waals surface area contributed by atoms with Crippen LogP contribution in [0, 0.1) is 35.9 Å². The van der Waals surface area contributed by atoms with Crippen molar-refractivity contribution in [2.75, 3.05) is 13.1 Å². The molecule has 2 aliphatic carbocycles. The van der Waals surface area contributed by atoms with Crippen molar-refractivity contribution in [3.05, 3.63) is 91.8 Å². The van der Waals surface area contributed by atoms with Crippen molar-refractivity contribution < 1.29 is 14.3 Å². The summed E-state index contributed by atoms with van der Waals surface area (Å²) >= 11 is 13.0. The number of pyridine rings is 2. The summed E-state index contributed by atoms with van der Waals surface area (Å²) in [6.45, 7) is 3.26. The molecule has 52 heavy (non-hydrogen) atoms. The molecule has 3 aromatic heterocycles. The van der Waals surface area contributed by atoms with Gasteiger partial charge in [-0.3, -0.25) is 9.59 Å². The van der Waals surface area contributed by atoms with Gasteiger partial charge < -0.3 is 24.9 Å². The lowest BCUT2D eigenvalue weighted by Gasteiger charge is -2.40. The highest BCUT2D eigenvalue weighted by molar-refractivity contribution is 6.43. The number of hydrogen-bond donors (Lipinski definition) is 2. The Bertz CT molecular complexity index is 2310. The fourth-order valence-electron chi connectivity index (χ4n) is 7.94. The number of halogens is 3. The van der Waals surface area contributed by atoms with Crippen LogP contribution < -0.4 is 11.3 Å². The number of hydrogen-bond acceptors (Lipinski definition) is 6. The average molecular weight is 744 g/mol. The van der Waals surface area contributed by atoms with E-state index in [1.165, 1.54) is 22.9 Å². The predicted octanol–water partition coefficient (Wildman–Crippen LogP) is 8.14. The highest BCUT2D eigenvalue weighted by atomic mass is 35.5. The van der Waals surface area contributed by atoms with Crippen molar-refractivity contribution in [3.8, 4) is 22.9 Å². The third kappa shape index (κ3) is 6.44. The van der Waals surface area contributed by atoms with Crippen molar-refractivity contribution in [1.29, 1.82) is 5.26 Å². The number of carbonyl (C=O) groups excluding carboxylic acids is 1. The van der Waals surface area contributed by atoms with Gasteiger partial charge in [-0.1, -0.05) is 35.3 Å². The molecule has 8 rings (SSSR count). The van der Waals surface area contributed by atoms with Crippen molar-refractivity contribution in [3.63, 3.8) is 0 Å². The standard InChI is InChI=1S/C34H34Cl2FN5O.C6H7NO2/c1-18-23-16-28(27-8-4-14-41(27)34(43)19-9-10-19)42(26-12-11-21(26)17-39)33(23)24-15-20(5-3-13-38)29(31(37)32(24)40-18)22-6-2-7-25(35)30(22)36;1-7-4-5(8)2-3-6(7)9/h2,6-7,15-16,19,21,26-27H,3-5,8-12,14,17,39H2,1H3;2-4,8H,1H3/t21-,26?,27?;/m1./s1. The molecule has 5 aromatic rings. The molecule has 2 unspecified atom stereocenters. The summed E-state index contributed by atoms with van der Waals surface area (Å²) in [6.07, 6.45) is 7.77. The number of aromatic nitrogens is 3. The Kier molecular flexibility index (Phi) is 10.0. The number of nitriles is 1. The first kappa shape index (κ1) is 36.0. The second-order valence-corrected chi connectivity index (χ2v) is 15.0. The lowest BCUT2D eigenvalue weighted by Crippen LogP contribution is -2.37. The molecular weight excluding hydrogens is 702 g/mol. The van der Waals surface area contributed by atoms with Gasteiger partial charge >= 0.3 is 0 Å². The van der Waals surface area contributed by atoms with E-state index in [2.05, 4.69) is 21.6 Å². The van der Waals surface area contributed by atoms with Crippen LogP contribution in [0.5, 0.6) is 5.75 Å². The van der Waals surface area contributed by atoms with Gasteiger partial charge in [-0.05, 0) is 94.2 Å². The first-order valence-corrected chi connectivity index (χ1v) is 18.6. The fourth-order valence-corrected chi connectivity index (χ4v) is 8.34. The van der Waals surface area contributed by atoms with Crippen LogP contribution >= 0.6 is 23.2 Å². The zero-order valence-corrected chi connectivity index (χ0v) is 30.7. The number of nitrogens with zero attached hydrogens (tertiary/aromatic N) is 5. The van der Waals surface area contributed by atoms with Gasteiger partial charge in [-0.2, -0.15) is 5.26 Å². The van der Waals surface area contributed by atoms with E-state index in [0.717, 1.165) is 67.4 Å². The Morgan fingerprint density at radius 1 is 1.12 bits per heavy atom. The van der Waals surface area contributed by atoms with Crippen LogP contribution in [0.4, 0.5) is 4.39 Å². The minimum Gasteiger partial charge on any atom is -0.506 e. The Morgan fingerprint density at radius 3 is 2.56 bits per heavy atom. The van der Waals surface area contributed by atoms with Gasteiger partial charge in [0.1, 0.15) is 11.3 Å². The van der Waals surface area contributed by atoms with Crippen LogP contribution in [0.15, 0.2) is 53.5 Å². The number of rotatable bonds is 7. The molecule has 3 N–H and O–H groups in total. The van der Waals surface area contributed by atoms with E-state index >= 15 is 4.39 Å². The summed E-state index contributed by atoms with van der Waals surface area (Å²) in [7, 11) is 1.59. The Morgan fingerprint density at radius 2 is 1.90 bits per heavy atom. The maximum Gasteiger partial charge on any atom is 0.250 e. The molecule has 4 heterocycles. The number of aryl methyl sites for hydroxylation is 3. The molecule has 3 aliphatic rings. The van der Waals surface area contributed by atoms with Crippen molar-refractivity contribution in [2.45, 2.75) is 70.4 Å². The zero-order chi connectivity index (χ0) is 36.8. The van der Waals surface area contributed by atoms with Crippen LogP contribution in [0.1, 0.15) is 74.0 Å². The molecule has 2 aromatic carbocycles. The number of amides is 1. The normalized spacial score (nSPS) is 19.7. The van der Waals surface area contributed by atoms with E-state index in [9.17, 15) is 14.9 Å². The maximum absolute atomic E-state index is 16.9. The van der Waals surface area contributed by atoms with Crippen molar-refractivity contribution >= 4 is 50.9 Å². The number of benzene rings is 2. The van der Waals surface area contributed by atoms with E-state index in [0.29, 0.717) is 46.0 Å². The Balaban J connectivity index is 0.000000410. The van der Waals surface area contributed by atoms with E-state index in [-0.39, 0.29) is 52.2 Å². The predicted molar refractivity (Wildman–Crippen MR) is 202 cm³/mol. The molecule has 1 saturated heterocycles. The minimum atomic E-state index is -0.468. The van der Waals surface area contributed by atoms with E-state index in [4.69, 9.17) is 39.0 Å². The fraction of sp³-hybridized carbons (Fsp3) is 0.400. The smallest absolute Gasteiger partial charge is 0.250 e. The molecule has 9 nitrogen and oxygen atoms in total. The van der Waals surface area contributed by atoms with Gasteiger partial charge in [-0.25, -0.2) is 9.37 Å². The lowest BCUT2D eigenvalue weighted by molar-refractivity contribution is -0.133. The van der Waals surface area contributed by atoms with Crippen LogP contribution in [-0.4, -0.2) is 43.1 Å². The van der Waals surface area contributed by atoms with Crippen LogP contribution in [0.2, 0.25) is 10.0 Å². The molecule has 3 atom stereocenters. The minimum absolute atomic E-state index is 0.0265. The van der Waals surface area contributed by atoms with Gasteiger partial charge in [0.05, 0.1) is 27.7 Å². The van der Waals surface area contributed by atoms with Gasteiger partial charge in [0.15, 0.2) is 5.82 Å². The Hall–Kier alpha value is -4.43. The third-order valence-corrected chi connectivity index (χ3v) is 11.7. The zero-order valence-electron chi connectivity index (χ0n) is 29.2. The van der Waals surface area contributed by atoms with Crippen molar-refractivity contribution in [1.82, 2.24) is 19.0 Å². The molecule has 1 amide bonds. The second-order valence-electron chi connectivity index (χ2n) is 14.2. The summed E-state index contributed by atoms with van der Waals surface area (Å²) in [4.78, 5) is 30.9. The maximum atomic E-state index is 16.9. The number of aromatic hydroxyl groups is 1. The quantitative estimate of drug-likeness (QED) is 0.173. The highest BCUT2D eigenvalue weighted by Gasteiger charge is 2.42. The summed E-state index contributed by atoms with van der Waals surface area (Å²) in [6, 6.07) is 14.4. The summed E-state index contributed by atoms with van der Waals surface area (Å²) in [5.74, 6) is 0.355. The second kappa shape index (κ2) is 14.5. The van der Waals surface area contributed by atoms with E-state index in [1.54, 1.807) is 25.2 Å². The van der Waals surface area contributed by atoms with E-state index in [1.807, 2.05) is 13.0 Å². The number of carbonyl (C=O) groups is 1. The molecule has 3 fully saturated rings. The summed E-state index contributed by atoms with van der Waals surface area (Å²) < 4.78 is 20.6. The van der Waals surface area contributed by atoms with Crippen LogP contribution in [0.3, 0.4) is 0 Å². The molecule has 0 bridgehead atoms. The summed E-state index contributed by atoms with van der Waals surface area (Å²) in [5.41, 5.74) is 10.7. The third-order valence-electron chi connectivity index (χ3n) is 10.9. The number of likely N-dealkylation sites (tertiary alicyclic amines) is 1. The largest absolute Gasteiger partial charge is 0.506 e. The van der Waals surface area contributed by atoms with Gasteiger partial charge in [0, 0.05) is 77.5 Å². The van der Waals surface area contributed by atoms with Crippen LogP contribution in [0.25, 0.3) is 32.9 Å². The number of fused-ring (bicyclic) bond motifs is 3. The first-order chi connectivity index (χ1) is 25.0. The highest BCUT2D eigenvalue weighted by Crippen LogP contribution is 2.49. The molecular formula is C40H41Cl2FN6O3. The van der Waals surface area contributed by atoms with E-state index < -0.39 is 5.82 Å². The Labute approximate surface area is 311 Å². The van der Waals surface area contributed by atoms with Gasteiger partial charge in [0.2, 0.25) is 11.5 Å². The molecule has 270 valence electrons. The first-order valence-electron chi connectivity index (χ1n) is 17.9. The van der Waals surface area contributed by atoms with Gasteiger partial charge in [-0.15, -0.1) is 0 Å². The SMILES string of the molecule is Cc1nc2c(F)c(-c3cccc(Cl)c3Cl)c(CCC#N)cc2c2c1cc(C1CCCN1C(=O)C1CC1)n2C1CC[C@@H]1CN.Cn1cc(O)ccc1=O. The number of nitrogens with two attached hydrogens (primary N) is 1. The molecule has 12 heteroatoms. The monoisotopic (exact) mass is 742 g/mol. The molecule has 1 aliphatic heterocycles. The average Bonchev–Trinajstić information content (AvgIpc) is 3.72. The van der Waals surface area contributed by atoms with Gasteiger partial charge in [0.25, 0.3) is 0 Å². The molecule has 0 spiro atoms.